The summed E-state index contributed by atoms with van der Waals surface area (Å²) in [5.74, 6) is 0.740. The monoisotopic (exact) mass is 597 g/mol. The van der Waals surface area contributed by atoms with Crippen molar-refractivity contribution in [2.45, 2.75) is 84.5 Å². The Kier molecular flexibility index (Phi) is 10.2. The summed E-state index contributed by atoms with van der Waals surface area (Å²) in [5.41, 5.74) is 6.67. The number of aryl methyl sites for hydroxylation is 3. The molecule has 1 atom stereocenters. The molecule has 1 aliphatic heterocycles. The fourth-order valence-electron chi connectivity index (χ4n) is 6.30. The van der Waals surface area contributed by atoms with Gasteiger partial charge < -0.3 is 25.2 Å². The van der Waals surface area contributed by atoms with Gasteiger partial charge in [-0.1, -0.05) is 0 Å². The van der Waals surface area contributed by atoms with Gasteiger partial charge in [0.05, 0.1) is 7.11 Å². The number of ether oxygens (including phenoxy) is 1. The Bertz CT molecular complexity index is 1420. The van der Waals surface area contributed by atoms with E-state index in [-0.39, 0.29) is 11.8 Å². The summed E-state index contributed by atoms with van der Waals surface area (Å²) in [7, 11) is 1.70. The van der Waals surface area contributed by atoms with Crippen molar-refractivity contribution in [1.82, 2.24) is 20.5 Å². The Balaban J connectivity index is 1.14. The maximum atomic E-state index is 13.1. The van der Waals surface area contributed by atoms with Crippen LogP contribution in [0.15, 0.2) is 54.9 Å². The molecule has 8 heteroatoms. The fourth-order valence-corrected chi connectivity index (χ4v) is 6.30. The van der Waals surface area contributed by atoms with Gasteiger partial charge in [0.15, 0.2) is 0 Å². The van der Waals surface area contributed by atoms with Crippen molar-refractivity contribution in [3.8, 4) is 5.75 Å². The van der Waals surface area contributed by atoms with Crippen LogP contribution in [0.4, 0.5) is 5.69 Å². The topological polar surface area (TPSA) is 86.8 Å². The Morgan fingerprint density at radius 3 is 2.27 bits per heavy atom. The first kappa shape index (κ1) is 31.5. The first-order valence-corrected chi connectivity index (χ1v) is 16.0. The van der Waals surface area contributed by atoms with Gasteiger partial charge in [0.1, 0.15) is 5.75 Å². The van der Waals surface area contributed by atoms with E-state index in [1.54, 1.807) is 7.11 Å². The summed E-state index contributed by atoms with van der Waals surface area (Å²) >= 11 is 0. The number of nitrogens with one attached hydrogen (secondary N) is 2. The number of rotatable bonds is 12. The van der Waals surface area contributed by atoms with Crippen molar-refractivity contribution in [1.29, 1.82) is 0 Å². The van der Waals surface area contributed by atoms with Crippen LogP contribution in [-0.2, 0) is 6.54 Å². The predicted molar refractivity (Wildman–Crippen MR) is 176 cm³/mol. The highest BCUT2D eigenvalue weighted by molar-refractivity contribution is 6.00. The van der Waals surface area contributed by atoms with Crippen LogP contribution in [0.5, 0.6) is 5.75 Å². The summed E-state index contributed by atoms with van der Waals surface area (Å²) in [6, 6.07) is 15.2. The zero-order chi connectivity index (χ0) is 31.2. The van der Waals surface area contributed by atoms with Gasteiger partial charge in [-0.2, -0.15) is 0 Å². The molecule has 2 fully saturated rings. The molecule has 2 amide bonds. The smallest absolute Gasteiger partial charge is 0.251 e. The van der Waals surface area contributed by atoms with Gasteiger partial charge in [-0.15, -0.1) is 0 Å². The van der Waals surface area contributed by atoms with Crippen molar-refractivity contribution in [2.75, 3.05) is 31.6 Å². The lowest BCUT2D eigenvalue weighted by Crippen LogP contribution is -2.48. The number of benzene rings is 2. The highest BCUT2D eigenvalue weighted by Crippen LogP contribution is 2.29. The number of pyridine rings is 1. The predicted octanol–water partition coefficient (Wildman–Crippen LogP) is 5.59. The fraction of sp³-hybridized carbons (Fsp3) is 0.472. The quantitative estimate of drug-likeness (QED) is 0.283. The van der Waals surface area contributed by atoms with E-state index in [1.807, 2.05) is 50.5 Å². The lowest BCUT2D eigenvalue weighted by molar-refractivity contribution is 0.0934. The third-order valence-corrected chi connectivity index (χ3v) is 9.24. The van der Waals surface area contributed by atoms with Crippen LogP contribution in [0.2, 0.25) is 0 Å². The molecule has 8 nitrogen and oxygen atoms in total. The van der Waals surface area contributed by atoms with Gasteiger partial charge in [-0.05, 0) is 125 Å². The minimum Gasteiger partial charge on any atom is -0.497 e. The molecular weight excluding hydrogens is 550 g/mol. The van der Waals surface area contributed by atoms with Gasteiger partial charge in [0.2, 0.25) is 0 Å². The third-order valence-electron chi connectivity index (χ3n) is 9.24. The molecule has 1 saturated carbocycles. The highest BCUT2D eigenvalue weighted by Gasteiger charge is 2.28. The number of amides is 2. The number of carbonyl (C=O) groups excluding carboxylic acids is 2. The van der Waals surface area contributed by atoms with Crippen LogP contribution in [0, 0.1) is 20.8 Å². The zero-order valence-electron chi connectivity index (χ0n) is 26.9. The molecule has 2 heterocycles. The average molecular weight is 598 g/mol. The minimum absolute atomic E-state index is 0.0532. The molecule has 44 heavy (non-hydrogen) atoms. The maximum absolute atomic E-state index is 13.1. The molecule has 1 unspecified atom stereocenters. The second kappa shape index (κ2) is 14.2. The summed E-state index contributed by atoms with van der Waals surface area (Å²) in [6.07, 6.45) is 8.97. The molecule has 1 aromatic heterocycles. The molecule has 234 valence electrons. The number of hydrogen-bond donors (Lipinski definition) is 2. The van der Waals surface area contributed by atoms with E-state index in [2.05, 4.69) is 57.5 Å². The van der Waals surface area contributed by atoms with E-state index in [1.165, 1.54) is 16.8 Å². The highest BCUT2D eigenvalue weighted by atomic mass is 16.5. The Morgan fingerprint density at radius 2 is 1.66 bits per heavy atom. The van der Waals surface area contributed by atoms with Gasteiger partial charge in [-0.25, -0.2) is 0 Å². The molecule has 0 radical (unpaired) electrons. The number of hydrogen-bond acceptors (Lipinski definition) is 6. The number of nitrogens with zero attached hydrogens (tertiary/aromatic N) is 3. The second-order valence-corrected chi connectivity index (χ2v) is 12.5. The largest absolute Gasteiger partial charge is 0.497 e. The van der Waals surface area contributed by atoms with Crippen LogP contribution < -0.4 is 20.3 Å². The maximum Gasteiger partial charge on any atom is 0.251 e. The molecule has 0 bridgehead atoms. The molecule has 3 aromatic rings. The van der Waals surface area contributed by atoms with E-state index in [4.69, 9.17) is 4.74 Å². The Labute approximate surface area is 262 Å². The van der Waals surface area contributed by atoms with Gasteiger partial charge in [-0.3, -0.25) is 14.6 Å². The Morgan fingerprint density at radius 1 is 0.977 bits per heavy atom. The van der Waals surface area contributed by atoms with E-state index >= 15 is 0 Å². The molecule has 2 aliphatic rings. The number of aromatic nitrogens is 1. The van der Waals surface area contributed by atoms with Crippen molar-refractivity contribution >= 4 is 17.5 Å². The number of anilines is 1. The molecular formula is C36H47N5O3. The molecule has 2 N–H and O–H groups in total. The van der Waals surface area contributed by atoms with Crippen LogP contribution in [-0.4, -0.2) is 66.6 Å². The van der Waals surface area contributed by atoms with Crippen molar-refractivity contribution in [2.24, 2.45) is 0 Å². The summed E-state index contributed by atoms with van der Waals surface area (Å²) < 4.78 is 5.41. The number of likely N-dealkylation sites (tertiary alicyclic amines) is 1. The SMILES string of the molecule is COc1ccc(N(Cc2cnccc2C)C2CCN(C(C)CCNC(=O)c3c(C)cc(C(=O)NC4CC4)cc3C)CC2)cc1. The van der Waals surface area contributed by atoms with Crippen LogP contribution in [0.1, 0.15) is 82.0 Å². The molecule has 1 saturated heterocycles. The first-order valence-electron chi connectivity index (χ1n) is 16.0. The van der Waals surface area contributed by atoms with Crippen LogP contribution in [0.25, 0.3) is 0 Å². The number of piperidine rings is 1. The van der Waals surface area contributed by atoms with E-state index < -0.39 is 0 Å². The first-order chi connectivity index (χ1) is 21.2. The van der Waals surface area contributed by atoms with Gasteiger partial charge >= 0.3 is 0 Å². The van der Waals surface area contributed by atoms with Crippen LogP contribution >= 0.6 is 0 Å². The third kappa shape index (κ3) is 7.78. The summed E-state index contributed by atoms with van der Waals surface area (Å²) in [5, 5.41) is 6.17. The van der Waals surface area contributed by atoms with Crippen molar-refractivity contribution in [3.63, 3.8) is 0 Å². The molecule has 2 aromatic carbocycles. The van der Waals surface area contributed by atoms with Crippen LogP contribution in [0.3, 0.4) is 0 Å². The summed E-state index contributed by atoms with van der Waals surface area (Å²) in [4.78, 5) is 35.1. The lowest BCUT2D eigenvalue weighted by atomic mass is 9.98. The minimum atomic E-state index is -0.0686. The molecule has 1 aliphatic carbocycles. The van der Waals surface area contributed by atoms with Crippen molar-refractivity contribution < 1.29 is 14.3 Å². The van der Waals surface area contributed by atoms with E-state index in [0.717, 1.165) is 68.6 Å². The summed E-state index contributed by atoms with van der Waals surface area (Å²) in [6.45, 7) is 11.7. The number of carbonyl (C=O) groups is 2. The van der Waals surface area contributed by atoms with Gasteiger partial charge in [0.25, 0.3) is 11.8 Å². The van der Waals surface area contributed by atoms with E-state index in [9.17, 15) is 9.59 Å². The van der Waals surface area contributed by atoms with Gasteiger partial charge in [0, 0.05) is 73.5 Å². The normalized spacial score (nSPS) is 16.3. The standard InChI is InChI=1S/C36H47N5O3/c1-24-12-16-37-22-29(24)23-41(31-8-10-33(44-5)11-9-31)32-14-18-40(19-15-32)27(4)13-17-38-36(43)34-25(2)20-28(21-26(34)3)35(42)39-30-6-7-30/h8-12,16,20-22,27,30,32H,6-7,13-15,17-19,23H2,1-5H3,(H,38,43)(H,39,42). The second-order valence-electron chi connectivity index (χ2n) is 12.5. The lowest BCUT2D eigenvalue weighted by Gasteiger charge is -2.42. The Hall–Kier alpha value is -3.91. The van der Waals surface area contributed by atoms with Crippen molar-refractivity contribution in [3.05, 3.63) is 88.2 Å². The molecule has 0 spiro atoms. The number of methoxy groups -OCH3 is 1. The van der Waals surface area contributed by atoms with E-state index in [0.29, 0.717) is 35.8 Å². The average Bonchev–Trinajstić information content (AvgIpc) is 3.84. The molecule has 5 rings (SSSR count). The zero-order valence-corrected chi connectivity index (χ0v) is 26.9.